The van der Waals surface area contributed by atoms with Gasteiger partial charge in [0.15, 0.2) is 0 Å². The van der Waals surface area contributed by atoms with Gasteiger partial charge in [-0.15, -0.1) is 12.4 Å². The molecule has 2 aromatic heterocycles. The SMILES string of the molecule is Cl.NCC1CCN(Cc2cn3cc(Cl)ccc3n2)C1. The summed E-state index contributed by atoms with van der Waals surface area (Å²) >= 11 is 5.96. The standard InChI is InChI=1S/C13H17ClN4.ClH/c14-11-1-2-13-16-12(9-18(13)7-11)8-17-4-3-10(5-15)6-17;/h1-2,7,9-10H,3-6,8,15H2;1H. The van der Waals surface area contributed by atoms with E-state index in [0.29, 0.717) is 5.92 Å². The molecule has 0 bridgehead atoms. The van der Waals surface area contributed by atoms with Crippen molar-refractivity contribution in [3.63, 3.8) is 0 Å². The normalized spacial score (nSPS) is 19.8. The van der Waals surface area contributed by atoms with Gasteiger partial charge in [0.25, 0.3) is 0 Å². The van der Waals surface area contributed by atoms with Crippen molar-refractivity contribution in [1.82, 2.24) is 14.3 Å². The Hall–Kier alpha value is -0.810. The lowest BCUT2D eigenvalue weighted by Gasteiger charge is -2.13. The fraction of sp³-hybridized carbons (Fsp3) is 0.462. The van der Waals surface area contributed by atoms with Crippen molar-refractivity contribution in [2.45, 2.75) is 13.0 Å². The smallest absolute Gasteiger partial charge is 0.137 e. The van der Waals surface area contributed by atoms with Crippen molar-refractivity contribution in [2.75, 3.05) is 19.6 Å². The Morgan fingerprint density at radius 3 is 2.95 bits per heavy atom. The molecule has 1 aliphatic rings. The molecule has 0 spiro atoms. The maximum Gasteiger partial charge on any atom is 0.137 e. The molecule has 3 heterocycles. The zero-order valence-electron chi connectivity index (χ0n) is 10.6. The zero-order chi connectivity index (χ0) is 12.5. The predicted octanol–water partition coefficient (Wildman–Crippen LogP) is 2.19. The highest BCUT2D eigenvalue weighted by Gasteiger charge is 2.21. The van der Waals surface area contributed by atoms with Crippen LogP contribution in [0.4, 0.5) is 0 Å². The van der Waals surface area contributed by atoms with E-state index >= 15 is 0 Å². The van der Waals surface area contributed by atoms with Crippen molar-refractivity contribution < 1.29 is 0 Å². The van der Waals surface area contributed by atoms with Gasteiger partial charge in [-0.05, 0) is 37.6 Å². The lowest BCUT2D eigenvalue weighted by atomic mass is 10.1. The summed E-state index contributed by atoms with van der Waals surface area (Å²) in [4.78, 5) is 7.02. The van der Waals surface area contributed by atoms with Gasteiger partial charge >= 0.3 is 0 Å². The Kier molecular flexibility index (Phi) is 4.68. The molecule has 0 aliphatic carbocycles. The van der Waals surface area contributed by atoms with Gasteiger partial charge in [0.05, 0.1) is 10.7 Å². The van der Waals surface area contributed by atoms with Gasteiger partial charge in [-0.3, -0.25) is 4.90 Å². The minimum Gasteiger partial charge on any atom is -0.330 e. The summed E-state index contributed by atoms with van der Waals surface area (Å²) in [5, 5.41) is 0.732. The Balaban J connectivity index is 0.00000133. The number of halogens is 2. The molecule has 1 unspecified atom stereocenters. The number of fused-ring (bicyclic) bond motifs is 1. The molecular weight excluding hydrogens is 283 g/mol. The van der Waals surface area contributed by atoms with Gasteiger partial charge in [0.1, 0.15) is 5.65 Å². The van der Waals surface area contributed by atoms with E-state index in [-0.39, 0.29) is 12.4 Å². The summed E-state index contributed by atoms with van der Waals surface area (Å²) in [6.07, 6.45) is 5.15. The lowest BCUT2D eigenvalue weighted by Crippen LogP contribution is -2.22. The van der Waals surface area contributed by atoms with Crippen LogP contribution in [0.5, 0.6) is 0 Å². The van der Waals surface area contributed by atoms with E-state index in [4.69, 9.17) is 17.3 Å². The van der Waals surface area contributed by atoms with Crippen molar-refractivity contribution >= 4 is 29.7 Å². The summed E-state index contributed by atoms with van der Waals surface area (Å²) in [6.45, 7) is 3.90. The first-order chi connectivity index (χ1) is 8.74. The topological polar surface area (TPSA) is 46.6 Å². The van der Waals surface area contributed by atoms with E-state index < -0.39 is 0 Å². The molecule has 1 fully saturated rings. The number of aromatic nitrogens is 2. The first-order valence-corrected chi connectivity index (χ1v) is 6.68. The molecule has 1 saturated heterocycles. The van der Waals surface area contributed by atoms with Crippen LogP contribution in [0, 0.1) is 5.92 Å². The van der Waals surface area contributed by atoms with Crippen LogP contribution in [-0.4, -0.2) is 33.9 Å². The number of rotatable bonds is 3. The highest BCUT2D eigenvalue weighted by molar-refractivity contribution is 6.30. The lowest BCUT2D eigenvalue weighted by molar-refractivity contribution is 0.314. The van der Waals surface area contributed by atoms with E-state index in [1.54, 1.807) is 0 Å². The molecule has 1 atom stereocenters. The molecule has 19 heavy (non-hydrogen) atoms. The number of imidazole rings is 1. The van der Waals surface area contributed by atoms with Crippen molar-refractivity contribution in [2.24, 2.45) is 11.7 Å². The summed E-state index contributed by atoms with van der Waals surface area (Å²) < 4.78 is 1.98. The number of nitrogens with two attached hydrogens (primary N) is 1. The van der Waals surface area contributed by atoms with E-state index in [9.17, 15) is 0 Å². The minimum atomic E-state index is 0. The van der Waals surface area contributed by atoms with Gasteiger partial charge in [0.2, 0.25) is 0 Å². The average Bonchev–Trinajstić information content (AvgIpc) is 2.95. The maximum absolute atomic E-state index is 5.96. The number of hydrogen-bond donors (Lipinski definition) is 1. The van der Waals surface area contributed by atoms with Crippen LogP contribution in [0.2, 0.25) is 5.02 Å². The first kappa shape index (κ1) is 14.6. The highest BCUT2D eigenvalue weighted by atomic mass is 35.5. The highest BCUT2D eigenvalue weighted by Crippen LogP contribution is 2.18. The van der Waals surface area contributed by atoms with Crippen LogP contribution in [0.15, 0.2) is 24.5 Å². The minimum absolute atomic E-state index is 0. The maximum atomic E-state index is 5.96. The van der Waals surface area contributed by atoms with Crippen LogP contribution in [0.25, 0.3) is 5.65 Å². The molecule has 0 aromatic carbocycles. The summed E-state index contributed by atoms with van der Waals surface area (Å²) in [7, 11) is 0. The second-order valence-corrected chi connectivity index (χ2v) is 5.41. The third-order valence-electron chi connectivity index (χ3n) is 3.55. The molecule has 2 N–H and O–H groups in total. The molecule has 3 rings (SSSR count). The molecule has 1 aliphatic heterocycles. The zero-order valence-corrected chi connectivity index (χ0v) is 12.2. The Morgan fingerprint density at radius 2 is 2.21 bits per heavy atom. The average molecular weight is 301 g/mol. The molecule has 0 amide bonds. The van der Waals surface area contributed by atoms with E-state index in [1.807, 2.05) is 22.7 Å². The van der Waals surface area contributed by atoms with Crippen LogP contribution >= 0.6 is 24.0 Å². The van der Waals surface area contributed by atoms with Gasteiger partial charge in [-0.2, -0.15) is 0 Å². The Morgan fingerprint density at radius 1 is 1.37 bits per heavy atom. The van der Waals surface area contributed by atoms with E-state index in [2.05, 4.69) is 16.1 Å². The first-order valence-electron chi connectivity index (χ1n) is 6.30. The predicted molar refractivity (Wildman–Crippen MR) is 79.9 cm³/mol. The number of pyridine rings is 1. The summed E-state index contributed by atoms with van der Waals surface area (Å²) in [6, 6.07) is 3.81. The second kappa shape index (κ2) is 6.09. The molecule has 2 aromatic rings. The van der Waals surface area contributed by atoms with Gasteiger partial charge in [0, 0.05) is 25.5 Å². The number of hydrogen-bond acceptors (Lipinski definition) is 3. The number of nitrogens with zero attached hydrogens (tertiary/aromatic N) is 3. The molecule has 4 nitrogen and oxygen atoms in total. The largest absolute Gasteiger partial charge is 0.330 e. The summed E-state index contributed by atoms with van der Waals surface area (Å²) in [5.74, 6) is 0.650. The van der Waals surface area contributed by atoms with Gasteiger partial charge < -0.3 is 10.1 Å². The van der Waals surface area contributed by atoms with Crippen molar-refractivity contribution in [1.29, 1.82) is 0 Å². The van der Waals surface area contributed by atoms with Crippen molar-refractivity contribution in [3.05, 3.63) is 35.2 Å². The fourth-order valence-corrected chi connectivity index (χ4v) is 2.74. The van der Waals surface area contributed by atoms with Crippen LogP contribution in [0.3, 0.4) is 0 Å². The van der Waals surface area contributed by atoms with Crippen LogP contribution < -0.4 is 5.73 Å². The van der Waals surface area contributed by atoms with Crippen LogP contribution in [-0.2, 0) is 6.54 Å². The monoisotopic (exact) mass is 300 g/mol. The van der Waals surface area contributed by atoms with Gasteiger partial charge in [-0.1, -0.05) is 11.6 Å². The van der Waals surface area contributed by atoms with E-state index in [1.165, 1.54) is 6.42 Å². The quantitative estimate of drug-likeness (QED) is 0.945. The van der Waals surface area contributed by atoms with Crippen molar-refractivity contribution in [3.8, 4) is 0 Å². The fourth-order valence-electron chi connectivity index (χ4n) is 2.57. The third-order valence-corrected chi connectivity index (χ3v) is 3.78. The second-order valence-electron chi connectivity index (χ2n) is 4.97. The third kappa shape index (κ3) is 3.20. The molecule has 6 heteroatoms. The van der Waals surface area contributed by atoms with E-state index in [0.717, 1.165) is 42.5 Å². The Bertz CT molecular complexity index is 555. The molecular formula is C13H18Cl2N4. The molecule has 0 saturated carbocycles. The Labute approximate surface area is 124 Å². The van der Waals surface area contributed by atoms with Crippen LogP contribution in [0.1, 0.15) is 12.1 Å². The van der Waals surface area contributed by atoms with Gasteiger partial charge in [-0.25, -0.2) is 4.98 Å². The summed E-state index contributed by atoms with van der Waals surface area (Å²) in [5.41, 5.74) is 7.75. The molecule has 0 radical (unpaired) electrons. The molecule has 104 valence electrons. The number of likely N-dealkylation sites (tertiary alicyclic amines) is 1.